The summed E-state index contributed by atoms with van der Waals surface area (Å²) in [6, 6.07) is 0. The number of carbonyl (C=O) groups is 1. The SMILES string of the molecule is CCCCCC=CCC=CCCCCCCCCC1(CCCCCCCCC=CCC=CCCCCC)OC2CC(OC(=O)CN(C)C)CC2O1. The topological polar surface area (TPSA) is 48.0 Å². The van der Waals surface area contributed by atoms with E-state index >= 15 is 0 Å². The summed E-state index contributed by atoms with van der Waals surface area (Å²) in [7, 11) is 3.79. The Morgan fingerprint density at radius 2 is 0.941 bits per heavy atom. The van der Waals surface area contributed by atoms with Crippen LogP contribution in [-0.4, -0.2) is 55.6 Å². The predicted octanol–water partition coefficient (Wildman–Crippen LogP) is 13.1. The summed E-state index contributed by atoms with van der Waals surface area (Å²) in [5.41, 5.74) is 0. The number of ether oxygens (including phenoxy) is 3. The van der Waals surface area contributed by atoms with E-state index in [2.05, 4.69) is 62.5 Å². The maximum Gasteiger partial charge on any atom is 0.320 e. The van der Waals surface area contributed by atoms with Gasteiger partial charge in [-0.1, -0.05) is 140 Å². The second-order valence-electron chi connectivity index (χ2n) is 15.7. The highest BCUT2D eigenvalue weighted by Crippen LogP contribution is 2.44. The van der Waals surface area contributed by atoms with Crippen LogP contribution in [0.5, 0.6) is 0 Å². The summed E-state index contributed by atoms with van der Waals surface area (Å²) < 4.78 is 19.3. The number of esters is 1. The molecule has 5 heteroatoms. The minimum Gasteiger partial charge on any atom is -0.461 e. The second kappa shape index (κ2) is 30.7. The zero-order valence-corrected chi connectivity index (χ0v) is 33.9. The Kier molecular flexibility index (Phi) is 27.4. The van der Waals surface area contributed by atoms with E-state index < -0.39 is 5.79 Å². The third-order valence-electron chi connectivity index (χ3n) is 10.4. The summed E-state index contributed by atoms with van der Waals surface area (Å²) in [6.45, 7) is 4.84. The lowest BCUT2D eigenvalue weighted by atomic mass is 9.98. The molecule has 2 atom stereocenters. The lowest BCUT2D eigenvalue weighted by Gasteiger charge is -2.30. The Bertz CT molecular complexity index is 889. The first kappa shape index (κ1) is 45.5. The van der Waals surface area contributed by atoms with Crippen LogP contribution in [0.1, 0.15) is 194 Å². The van der Waals surface area contributed by atoms with Gasteiger partial charge in [0, 0.05) is 25.7 Å². The van der Waals surface area contributed by atoms with Gasteiger partial charge in [0.05, 0.1) is 18.8 Å². The van der Waals surface area contributed by atoms with E-state index in [1.807, 2.05) is 19.0 Å². The third-order valence-corrected chi connectivity index (χ3v) is 10.4. The molecule has 294 valence electrons. The maximum absolute atomic E-state index is 12.3. The van der Waals surface area contributed by atoms with Crippen LogP contribution in [0.25, 0.3) is 0 Å². The van der Waals surface area contributed by atoms with Gasteiger partial charge >= 0.3 is 5.97 Å². The molecule has 1 heterocycles. The van der Waals surface area contributed by atoms with E-state index in [9.17, 15) is 4.79 Å². The normalized spacial score (nSPS) is 22.2. The van der Waals surface area contributed by atoms with Crippen molar-refractivity contribution in [2.75, 3.05) is 20.6 Å². The highest BCUT2D eigenvalue weighted by atomic mass is 16.8. The number of hydrogen-bond acceptors (Lipinski definition) is 5. The summed E-state index contributed by atoms with van der Waals surface area (Å²) in [5.74, 6) is -0.600. The van der Waals surface area contributed by atoms with Crippen LogP contribution in [0, 0.1) is 0 Å². The van der Waals surface area contributed by atoms with Crippen molar-refractivity contribution < 1.29 is 19.0 Å². The lowest BCUT2D eigenvalue weighted by molar-refractivity contribution is -0.197. The smallest absolute Gasteiger partial charge is 0.320 e. The molecule has 0 aromatic heterocycles. The minimum atomic E-state index is -0.446. The number of rotatable bonds is 33. The lowest BCUT2D eigenvalue weighted by Crippen LogP contribution is -2.33. The van der Waals surface area contributed by atoms with Crippen LogP contribution in [0.2, 0.25) is 0 Å². The van der Waals surface area contributed by atoms with Crippen LogP contribution < -0.4 is 0 Å². The molecule has 2 unspecified atom stereocenters. The fraction of sp³-hybridized carbons (Fsp3) is 0.804. The van der Waals surface area contributed by atoms with Gasteiger partial charge in [-0.2, -0.15) is 0 Å². The summed E-state index contributed by atoms with van der Waals surface area (Å²) in [6.07, 6.45) is 52.5. The van der Waals surface area contributed by atoms with Crippen molar-refractivity contribution in [3.05, 3.63) is 48.6 Å². The highest BCUT2D eigenvalue weighted by molar-refractivity contribution is 5.71. The Hall–Kier alpha value is -1.69. The fourth-order valence-electron chi connectivity index (χ4n) is 7.45. The number of nitrogens with zero attached hydrogens (tertiary/aromatic N) is 1. The van der Waals surface area contributed by atoms with Gasteiger partial charge in [-0.05, 0) is 91.1 Å². The molecule has 0 bridgehead atoms. The van der Waals surface area contributed by atoms with E-state index in [0.717, 1.165) is 51.4 Å². The third kappa shape index (κ3) is 23.6. The molecule has 1 saturated heterocycles. The number of allylic oxidation sites excluding steroid dienone is 8. The molecule has 0 aromatic rings. The first-order valence-electron chi connectivity index (χ1n) is 21.8. The molecule has 2 aliphatic rings. The van der Waals surface area contributed by atoms with Crippen LogP contribution in [-0.2, 0) is 19.0 Å². The molecule has 0 radical (unpaired) electrons. The van der Waals surface area contributed by atoms with E-state index in [4.69, 9.17) is 14.2 Å². The van der Waals surface area contributed by atoms with E-state index in [-0.39, 0.29) is 24.3 Å². The summed E-state index contributed by atoms with van der Waals surface area (Å²) in [4.78, 5) is 14.1. The number of unbranched alkanes of at least 4 members (excludes halogenated alkanes) is 18. The quantitative estimate of drug-likeness (QED) is 0.0385. The van der Waals surface area contributed by atoms with Crippen LogP contribution in [0.3, 0.4) is 0 Å². The van der Waals surface area contributed by atoms with Crippen LogP contribution in [0.15, 0.2) is 48.6 Å². The Morgan fingerprint density at radius 1 is 0.569 bits per heavy atom. The average Bonchev–Trinajstić information content (AvgIpc) is 3.62. The first-order chi connectivity index (χ1) is 25.0. The van der Waals surface area contributed by atoms with E-state index in [0.29, 0.717) is 6.54 Å². The molecule has 1 aliphatic carbocycles. The van der Waals surface area contributed by atoms with Gasteiger partial charge < -0.3 is 14.2 Å². The molecule has 5 nitrogen and oxygen atoms in total. The minimum absolute atomic E-state index is 0.0522. The van der Waals surface area contributed by atoms with Crippen LogP contribution >= 0.6 is 0 Å². The number of likely N-dealkylation sites (N-methyl/N-ethyl adjacent to an activating group) is 1. The van der Waals surface area contributed by atoms with Crippen LogP contribution in [0.4, 0.5) is 0 Å². The average molecular weight is 712 g/mol. The van der Waals surface area contributed by atoms with Gasteiger partial charge in [0.15, 0.2) is 5.79 Å². The summed E-state index contributed by atoms with van der Waals surface area (Å²) >= 11 is 0. The fourth-order valence-corrected chi connectivity index (χ4v) is 7.45. The largest absolute Gasteiger partial charge is 0.461 e. The Balaban J connectivity index is 1.63. The maximum atomic E-state index is 12.3. The van der Waals surface area contributed by atoms with Crippen molar-refractivity contribution >= 4 is 5.97 Å². The number of fused-ring (bicyclic) bond motifs is 1. The zero-order chi connectivity index (χ0) is 36.7. The van der Waals surface area contributed by atoms with Gasteiger partial charge in [0.1, 0.15) is 6.10 Å². The van der Waals surface area contributed by atoms with Gasteiger partial charge in [-0.25, -0.2) is 0 Å². The standard InChI is InChI=1S/C46H81NO4/c1-5-7-9-11-13-15-17-19-21-23-25-27-29-31-33-35-37-46(50-43-39-42(40-44(43)51-46)49-45(48)41-47(3)4)38-36-34-32-30-28-26-24-22-20-18-16-14-12-10-8-6-2/h13-16,19-22,42-44H,5-12,17-18,23-41H2,1-4H3. The predicted molar refractivity (Wildman–Crippen MR) is 218 cm³/mol. The van der Waals surface area contributed by atoms with Crippen molar-refractivity contribution in [3.8, 4) is 0 Å². The Labute approximate surface area is 316 Å². The molecule has 51 heavy (non-hydrogen) atoms. The number of carbonyl (C=O) groups excluding carboxylic acids is 1. The molecule has 0 amide bonds. The number of hydrogen-bond donors (Lipinski definition) is 0. The van der Waals surface area contributed by atoms with Crippen molar-refractivity contribution in [1.82, 2.24) is 4.90 Å². The van der Waals surface area contributed by atoms with E-state index in [1.54, 1.807) is 0 Å². The van der Waals surface area contributed by atoms with Gasteiger partial charge in [-0.3, -0.25) is 9.69 Å². The second-order valence-corrected chi connectivity index (χ2v) is 15.7. The molecule has 2 rings (SSSR count). The molecule has 2 fully saturated rings. The highest BCUT2D eigenvalue weighted by Gasteiger charge is 2.52. The van der Waals surface area contributed by atoms with Crippen molar-refractivity contribution in [1.29, 1.82) is 0 Å². The zero-order valence-electron chi connectivity index (χ0n) is 33.9. The molecule has 0 aromatic carbocycles. The molecule has 1 aliphatic heterocycles. The summed E-state index contributed by atoms with van der Waals surface area (Å²) in [5, 5.41) is 0. The molecule has 1 saturated carbocycles. The monoisotopic (exact) mass is 712 g/mol. The first-order valence-corrected chi connectivity index (χ1v) is 21.8. The van der Waals surface area contributed by atoms with Crippen molar-refractivity contribution in [3.63, 3.8) is 0 Å². The van der Waals surface area contributed by atoms with Crippen molar-refractivity contribution in [2.45, 2.75) is 218 Å². The Morgan fingerprint density at radius 3 is 1.33 bits per heavy atom. The van der Waals surface area contributed by atoms with Crippen molar-refractivity contribution in [2.24, 2.45) is 0 Å². The molecule has 0 N–H and O–H groups in total. The molecular weight excluding hydrogens is 631 g/mol. The van der Waals surface area contributed by atoms with E-state index in [1.165, 1.54) is 128 Å². The van der Waals surface area contributed by atoms with Gasteiger partial charge in [0.25, 0.3) is 0 Å². The molecular formula is C46H81NO4. The van der Waals surface area contributed by atoms with Gasteiger partial charge in [-0.15, -0.1) is 0 Å². The van der Waals surface area contributed by atoms with Gasteiger partial charge in [0.2, 0.25) is 0 Å². The molecule has 0 spiro atoms.